The van der Waals surface area contributed by atoms with Gasteiger partial charge in [0, 0.05) is 11.8 Å². The first-order chi connectivity index (χ1) is 8.60. The van der Waals surface area contributed by atoms with Crippen molar-refractivity contribution in [2.75, 3.05) is 0 Å². The van der Waals surface area contributed by atoms with E-state index in [1.807, 2.05) is 6.92 Å². The molecular weight excluding hydrogens is 232 g/mol. The molecule has 108 valence electrons. The van der Waals surface area contributed by atoms with Gasteiger partial charge in [0.15, 0.2) is 0 Å². The normalized spacial score (nSPS) is 40.0. The third kappa shape index (κ3) is 2.10. The van der Waals surface area contributed by atoms with Crippen LogP contribution in [0, 0.1) is 34.5 Å². The SMILES string of the molecule is C=C(C)CC1CCC2C(C1=O)C(C)(C)C(C)C2(C)C. The summed E-state index contributed by atoms with van der Waals surface area (Å²) in [6.45, 7) is 17.8. The first-order valence-corrected chi connectivity index (χ1v) is 7.78. The Morgan fingerprint density at radius 3 is 2.32 bits per heavy atom. The second-order valence-electron chi connectivity index (χ2n) is 8.29. The van der Waals surface area contributed by atoms with Crippen LogP contribution in [0.25, 0.3) is 0 Å². The van der Waals surface area contributed by atoms with Crippen molar-refractivity contribution in [1.29, 1.82) is 0 Å². The Labute approximate surface area is 118 Å². The van der Waals surface area contributed by atoms with Crippen LogP contribution in [0.2, 0.25) is 0 Å². The fourth-order valence-electron chi connectivity index (χ4n) is 5.00. The molecule has 0 aromatic heterocycles. The lowest BCUT2D eigenvalue weighted by Gasteiger charge is -2.39. The molecule has 0 aromatic carbocycles. The van der Waals surface area contributed by atoms with E-state index in [2.05, 4.69) is 41.2 Å². The highest BCUT2D eigenvalue weighted by atomic mass is 16.1. The van der Waals surface area contributed by atoms with Gasteiger partial charge in [-0.2, -0.15) is 0 Å². The van der Waals surface area contributed by atoms with E-state index in [1.165, 1.54) is 6.42 Å². The first-order valence-electron chi connectivity index (χ1n) is 7.78. The van der Waals surface area contributed by atoms with E-state index < -0.39 is 0 Å². The van der Waals surface area contributed by atoms with Crippen molar-refractivity contribution in [3.8, 4) is 0 Å². The fraction of sp³-hybridized carbons (Fsp3) is 0.833. The average Bonchev–Trinajstić information content (AvgIpc) is 2.41. The van der Waals surface area contributed by atoms with Gasteiger partial charge < -0.3 is 0 Å². The number of Topliss-reactive ketones (excluding diaryl/α,β-unsaturated/α-hetero) is 1. The predicted molar refractivity (Wildman–Crippen MR) is 80.9 cm³/mol. The third-order valence-corrected chi connectivity index (χ3v) is 6.52. The highest BCUT2D eigenvalue weighted by Gasteiger charge is 2.61. The van der Waals surface area contributed by atoms with Crippen molar-refractivity contribution in [1.82, 2.24) is 0 Å². The third-order valence-electron chi connectivity index (χ3n) is 6.52. The van der Waals surface area contributed by atoms with Crippen molar-refractivity contribution in [2.45, 2.75) is 60.8 Å². The number of rotatable bonds is 2. The number of allylic oxidation sites excluding steroid dienone is 1. The molecule has 0 bridgehead atoms. The molecule has 2 aliphatic rings. The molecule has 0 heterocycles. The number of hydrogen-bond acceptors (Lipinski definition) is 1. The van der Waals surface area contributed by atoms with Gasteiger partial charge in [0.2, 0.25) is 0 Å². The van der Waals surface area contributed by atoms with Crippen LogP contribution < -0.4 is 0 Å². The van der Waals surface area contributed by atoms with Gasteiger partial charge in [-0.1, -0.05) is 40.2 Å². The molecule has 0 aliphatic heterocycles. The highest BCUT2D eigenvalue weighted by molar-refractivity contribution is 5.86. The van der Waals surface area contributed by atoms with Gasteiger partial charge in [0.05, 0.1) is 0 Å². The predicted octanol–water partition coefficient (Wildman–Crippen LogP) is 4.87. The standard InChI is InChI=1S/C18H30O/c1-11(2)10-13-8-9-14-15(16(13)19)18(6,7)12(3)17(14,4)5/h12-15H,1,8-10H2,2-7H3. The quantitative estimate of drug-likeness (QED) is 0.649. The van der Waals surface area contributed by atoms with Gasteiger partial charge >= 0.3 is 0 Å². The minimum absolute atomic E-state index is 0.138. The molecule has 4 atom stereocenters. The van der Waals surface area contributed by atoms with E-state index in [9.17, 15) is 4.79 Å². The van der Waals surface area contributed by atoms with Crippen LogP contribution in [0.3, 0.4) is 0 Å². The Balaban J connectivity index is 2.32. The lowest BCUT2D eigenvalue weighted by Crippen LogP contribution is -2.40. The molecule has 0 saturated heterocycles. The summed E-state index contributed by atoms with van der Waals surface area (Å²) in [6, 6.07) is 0. The smallest absolute Gasteiger partial charge is 0.140 e. The van der Waals surface area contributed by atoms with Gasteiger partial charge in [-0.15, -0.1) is 6.58 Å². The number of carbonyl (C=O) groups is 1. The Morgan fingerprint density at radius 1 is 1.21 bits per heavy atom. The van der Waals surface area contributed by atoms with Crippen LogP contribution in [-0.2, 0) is 4.79 Å². The maximum absolute atomic E-state index is 13.0. The Bertz CT molecular complexity index is 402. The van der Waals surface area contributed by atoms with Gasteiger partial charge in [0.25, 0.3) is 0 Å². The molecule has 0 amide bonds. The van der Waals surface area contributed by atoms with Crippen molar-refractivity contribution in [3.63, 3.8) is 0 Å². The van der Waals surface area contributed by atoms with Gasteiger partial charge in [-0.25, -0.2) is 0 Å². The topological polar surface area (TPSA) is 17.1 Å². The molecule has 1 nitrogen and oxygen atoms in total. The number of carbonyl (C=O) groups excluding carboxylic acids is 1. The second-order valence-corrected chi connectivity index (χ2v) is 8.29. The first kappa shape index (κ1) is 14.8. The summed E-state index contributed by atoms with van der Waals surface area (Å²) in [5.74, 6) is 2.20. The average molecular weight is 262 g/mol. The number of hydrogen-bond donors (Lipinski definition) is 0. The highest BCUT2D eigenvalue weighted by Crippen LogP contribution is 2.64. The molecule has 0 N–H and O–H groups in total. The monoisotopic (exact) mass is 262 g/mol. The zero-order valence-electron chi connectivity index (χ0n) is 13.5. The second kappa shape index (κ2) is 4.46. The molecular formula is C18H30O. The summed E-state index contributed by atoms with van der Waals surface area (Å²) in [6.07, 6.45) is 3.18. The van der Waals surface area contributed by atoms with Crippen LogP contribution >= 0.6 is 0 Å². The molecule has 0 spiro atoms. The van der Waals surface area contributed by atoms with Crippen LogP contribution in [0.5, 0.6) is 0 Å². The minimum Gasteiger partial charge on any atom is -0.299 e. The van der Waals surface area contributed by atoms with Crippen LogP contribution in [0.15, 0.2) is 12.2 Å². The Morgan fingerprint density at radius 2 is 1.79 bits per heavy atom. The summed E-state index contributed by atoms with van der Waals surface area (Å²) in [5.41, 5.74) is 1.58. The summed E-state index contributed by atoms with van der Waals surface area (Å²) in [7, 11) is 0. The van der Waals surface area contributed by atoms with E-state index in [0.717, 1.165) is 18.4 Å². The summed E-state index contributed by atoms with van der Waals surface area (Å²) in [4.78, 5) is 13.0. The van der Waals surface area contributed by atoms with Gasteiger partial charge in [-0.3, -0.25) is 4.79 Å². The molecule has 2 saturated carbocycles. The van der Waals surface area contributed by atoms with E-state index in [-0.39, 0.29) is 22.7 Å². The maximum atomic E-state index is 13.0. The minimum atomic E-state index is 0.138. The lowest BCUT2D eigenvalue weighted by atomic mass is 9.64. The molecule has 1 heteroatoms. The number of ketones is 1. The van der Waals surface area contributed by atoms with Crippen molar-refractivity contribution >= 4 is 5.78 Å². The largest absolute Gasteiger partial charge is 0.299 e. The van der Waals surface area contributed by atoms with E-state index >= 15 is 0 Å². The van der Waals surface area contributed by atoms with Crippen molar-refractivity contribution < 1.29 is 4.79 Å². The van der Waals surface area contributed by atoms with Crippen molar-refractivity contribution in [3.05, 3.63) is 12.2 Å². The van der Waals surface area contributed by atoms with E-state index in [1.54, 1.807) is 0 Å². The van der Waals surface area contributed by atoms with E-state index in [0.29, 0.717) is 17.6 Å². The maximum Gasteiger partial charge on any atom is 0.140 e. The zero-order valence-corrected chi connectivity index (χ0v) is 13.5. The lowest BCUT2D eigenvalue weighted by molar-refractivity contribution is -0.135. The molecule has 2 aliphatic carbocycles. The van der Waals surface area contributed by atoms with Crippen LogP contribution in [0.1, 0.15) is 60.8 Å². The molecule has 2 fully saturated rings. The van der Waals surface area contributed by atoms with Crippen LogP contribution in [0.4, 0.5) is 0 Å². The van der Waals surface area contributed by atoms with E-state index in [4.69, 9.17) is 0 Å². The Hall–Kier alpha value is -0.590. The molecule has 0 aromatic rings. The molecule has 4 unspecified atom stereocenters. The molecule has 0 radical (unpaired) electrons. The summed E-state index contributed by atoms with van der Waals surface area (Å²) < 4.78 is 0. The van der Waals surface area contributed by atoms with Crippen molar-refractivity contribution in [2.24, 2.45) is 34.5 Å². The fourth-order valence-corrected chi connectivity index (χ4v) is 5.00. The molecule has 19 heavy (non-hydrogen) atoms. The van der Waals surface area contributed by atoms with Gasteiger partial charge in [0.1, 0.15) is 5.78 Å². The summed E-state index contributed by atoms with van der Waals surface area (Å²) in [5, 5.41) is 0. The Kier molecular flexibility index (Phi) is 3.48. The zero-order chi connectivity index (χ0) is 14.6. The summed E-state index contributed by atoms with van der Waals surface area (Å²) >= 11 is 0. The van der Waals surface area contributed by atoms with Crippen LogP contribution in [-0.4, -0.2) is 5.78 Å². The number of fused-ring (bicyclic) bond motifs is 1. The molecule has 2 rings (SSSR count). The van der Waals surface area contributed by atoms with Gasteiger partial charge in [-0.05, 0) is 48.9 Å².